The number of nitro groups is 1. The van der Waals surface area contributed by atoms with Crippen LogP contribution in [0.1, 0.15) is 17.0 Å². The van der Waals surface area contributed by atoms with Gasteiger partial charge in [-0.15, -0.1) is 0 Å². The Bertz CT molecular complexity index is 587. The summed E-state index contributed by atoms with van der Waals surface area (Å²) in [6, 6.07) is 7.03. The molecule has 1 heterocycles. The maximum absolute atomic E-state index is 11.0. The Morgan fingerprint density at radius 1 is 1.24 bits per heavy atom. The van der Waals surface area contributed by atoms with Gasteiger partial charge in [-0.1, -0.05) is 6.07 Å². The van der Waals surface area contributed by atoms with E-state index in [0.29, 0.717) is 5.69 Å². The second-order valence-corrected chi connectivity index (χ2v) is 4.09. The lowest BCUT2D eigenvalue weighted by atomic mass is 10.2. The highest BCUT2D eigenvalue weighted by molar-refractivity contribution is 5.54. The van der Waals surface area contributed by atoms with Crippen LogP contribution in [0.2, 0.25) is 0 Å². The molecule has 0 radical (unpaired) electrons. The predicted octanol–water partition coefficient (Wildman–Crippen LogP) is 2.71. The van der Waals surface area contributed by atoms with Crippen LogP contribution in [0.5, 0.6) is 0 Å². The molecule has 0 N–H and O–H groups in total. The summed E-state index contributed by atoms with van der Waals surface area (Å²) >= 11 is 0. The Balaban J connectivity index is 2.67. The van der Waals surface area contributed by atoms with Crippen LogP contribution in [0.3, 0.4) is 0 Å². The van der Waals surface area contributed by atoms with E-state index >= 15 is 0 Å². The first kappa shape index (κ1) is 11.3. The number of hydrogen-bond donors (Lipinski definition) is 0. The summed E-state index contributed by atoms with van der Waals surface area (Å²) < 4.78 is 1.60. The van der Waals surface area contributed by atoms with E-state index in [0.717, 1.165) is 17.0 Å². The van der Waals surface area contributed by atoms with Crippen LogP contribution in [-0.4, -0.2) is 14.7 Å². The van der Waals surface area contributed by atoms with Crippen LogP contribution in [0, 0.1) is 30.9 Å². The Morgan fingerprint density at radius 2 is 1.94 bits per heavy atom. The second-order valence-electron chi connectivity index (χ2n) is 4.09. The lowest BCUT2D eigenvalue weighted by Gasteiger charge is -2.05. The van der Waals surface area contributed by atoms with Gasteiger partial charge in [-0.2, -0.15) is 5.10 Å². The highest BCUT2D eigenvalue weighted by Crippen LogP contribution is 2.24. The van der Waals surface area contributed by atoms with Gasteiger partial charge >= 0.3 is 0 Å². The molecule has 17 heavy (non-hydrogen) atoms. The minimum Gasteiger partial charge on any atom is -0.258 e. The highest BCUT2D eigenvalue weighted by Gasteiger charge is 2.17. The van der Waals surface area contributed by atoms with Crippen LogP contribution in [0.15, 0.2) is 24.3 Å². The van der Waals surface area contributed by atoms with Crippen molar-refractivity contribution in [2.24, 2.45) is 0 Å². The topological polar surface area (TPSA) is 61.0 Å². The smallest absolute Gasteiger partial charge is 0.258 e. The van der Waals surface area contributed by atoms with Crippen molar-refractivity contribution in [3.8, 4) is 5.69 Å². The molecular formula is C12H13N3O2. The molecule has 0 unspecified atom stereocenters. The molecule has 0 aliphatic heterocycles. The lowest BCUT2D eigenvalue weighted by molar-refractivity contribution is -0.384. The van der Waals surface area contributed by atoms with Gasteiger partial charge in [0, 0.05) is 11.8 Å². The van der Waals surface area contributed by atoms with Crippen molar-refractivity contribution in [3.63, 3.8) is 0 Å². The minimum absolute atomic E-state index is 0.0798. The molecule has 1 aromatic heterocycles. The first-order valence-electron chi connectivity index (χ1n) is 5.27. The molecule has 0 saturated heterocycles. The molecule has 0 spiro atoms. The molecular weight excluding hydrogens is 218 g/mol. The summed E-state index contributed by atoms with van der Waals surface area (Å²) in [4.78, 5) is 10.7. The molecule has 5 nitrogen and oxygen atoms in total. The SMILES string of the molecule is Cc1ccc(-n2nc(C)cc2C)c([N+](=O)[O-])c1. The zero-order valence-electron chi connectivity index (χ0n) is 9.97. The van der Waals surface area contributed by atoms with Gasteiger partial charge in [0.15, 0.2) is 0 Å². The lowest BCUT2D eigenvalue weighted by Crippen LogP contribution is -2.03. The molecule has 88 valence electrons. The Morgan fingerprint density at radius 3 is 2.47 bits per heavy atom. The van der Waals surface area contributed by atoms with Crippen LogP contribution in [0.4, 0.5) is 5.69 Å². The molecule has 0 amide bonds. The van der Waals surface area contributed by atoms with E-state index in [4.69, 9.17) is 0 Å². The molecule has 5 heteroatoms. The second kappa shape index (κ2) is 4.01. The van der Waals surface area contributed by atoms with Gasteiger partial charge < -0.3 is 0 Å². The fourth-order valence-corrected chi connectivity index (χ4v) is 1.83. The largest absolute Gasteiger partial charge is 0.295 e. The third-order valence-corrected chi connectivity index (χ3v) is 2.57. The Hall–Kier alpha value is -2.17. The quantitative estimate of drug-likeness (QED) is 0.589. The zero-order chi connectivity index (χ0) is 12.6. The number of nitro benzene ring substituents is 1. The van der Waals surface area contributed by atoms with E-state index < -0.39 is 0 Å². The fourth-order valence-electron chi connectivity index (χ4n) is 1.83. The summed E-state index contributed by atoms with van der Waals surface area (Å²) in [6.07, 6.45) is 0. The molecule has 2 rings (SSSR count). The number of aromatic nitrogens is 2. The third-order valence-electron chi connectivity index (χ3n) is 2.57. The number of benzene rings is 1. The normalized spacial score (nSPS) is 10.5. The predicted molar refractivity (Wildman–Crippen MR) is 64.4 cm³/mol. The molecule has 0 saturated carbocycles. The maximum Gasteiger partial charge on any atom is 0.295 e. The van der Waals surface area contributed by atoms with Gasteiger partial charge in [0.1, 0.15) is 5.69 Å². The van der Waals surface area contributed by atoms with E-state index in [2.05, 4.69) is 5.10 Å². The summed E-state index contributed by atoms with van der Waals surface area (Å²) in [5, 5.41) is 15.3. The van der Waals surface area contributed by atoms with Crippen molar-refractivity contribution in [3.05, 3.63) is 51.3 Å². The molecule has 0 atom stereocenters. The van der Waals surface area contributed by atoms with Crippen molar-refractivity contribution in [1.82, 2.24) is 9.78 Å². The van der Waals surface area contributed by atoms with E-state index in [1.807, 2.05) is 32.9 Å². The molecule has 2 aromatic rings. The van der Waals surface area contributed by atoms with Crippen LogP contribution >= 0.6 is 0 Å². The summed E-state index contributed by atoms with van der Waals surface area (Å²) in [7, 11) is 0. The molecule has 0 bridgehead atoms. The van der Waals surface area contributed by atoms with Gasteiger partial charge in [0.05, 0.1) is 10.6 Å². The molecule has 0 fully saturated rings. The Labute approximate surface area is 98.8 Å². The van der Waals surface area contributed by atoms with Gasteiger partial charge in [0.25, 0.3) is 5.69 Å². The first-order chi connectivity index (χ1) is 7.99. The van der Waals surface area contributed by atoms with Crippen LogP contribution < -0.4 is 0 Å². The van der Waals surface area contributed by atoms with Crippen molar-refractivity contribution >= 4 is 5.69 Å². The Kier molecular flexibility index (Phi) is 2.67. The average Bonchev–Trinajstić information content (AvgIpc) is 2.57. The van der Waals surface area contributed by atoms with E-state index in [9.17, 15) is 10.1 Å². The van der Waals surface area contributed by atoms with Crippen molar-refractivity contribution < 1.29 is 4.92 Å². The standard InChI is InChI=1S/C12H13N3O2/c1-8-4-5-11(12(6-8)15(16)17)14-10(3)7-9(2)13-14/h4-7H,1-3H3. The van der Waals surface area contributed by atoms with E-state index in [1.165, 1.54) is 0 Å². The monoisotopic (exact) mass is 231 g/mol. The van der Waals surface area contributed by atoms with Gasteiger partial charge in [-0.05, 0) is 38.5 Å². The molecule has 0 aliphatic carbocycles. The van der Waals surface area contributed by atoms with Crippen LogP contribution in [-0.2, 0) is 0 Å². The maximum atomic E-state index is 11.0. The van der Waals surface area contributed by atoms with Crippen molar-refractivity contribution in [2.75, 3.05) is 0 Å². The van der Waals surface area contributed by atoms with Crippen molar-refractivity contribution in [2.45, 2.75) is 20.8 Å². The van der Waals surface area contributed by atoms with Gasteiger partial charge in [0.2, 0.25) is 0 Å². The number of nitrogens with zero attached hydrogens (tertiary/aromatic N) is 3. The highest BCUT2D eigenvalue weighted by atomic mass is 16.6. The molecule has 1 aromatic carbocycles. The van der Waals surface area contributed by atoms with E-state index in [1.54, 1.807) is 16.8 Å². The van der Waals surface area contributed by atoms with E-state index in [-0.39, 0.29) is 10.6 Å². The van der Waals surface area contributed by atoms with Gasteiger partial charge in [-0.3, -0.25) is 10.1 Å². The minimum atomic E-state index is -0.376. The third kappa shape index (κ3) is 2.04. The number of rotatable bonds is 2. The van der Waals surface area contributed by atoms with Gasteiger partial charge in [-0.25, -0.2) is 4.68 Å². The summed E-state index contributed by atoms with van der Waals surface area (Å²) in [5.74, 6) is 0. The first-order valence-corrected chi connectivity index (χ1v) is 5.27. The fraction of sp³-hybridized carbons (Fsp3) is 0.250. The van der Waals surface area contributed by atoms with Crippen molar-refractivity contribution in [1.29, 1.82) is 0 Å². The zero-order valence-corrected chi connectivity index (χ0v) is 9.97. The summed E-state index contributed by atoms with van der Waals surface area (Å²) in [6.45, 7) is 5.57. The average molecular weight is 231 g/mol. The molecule has 0 aliphatic rings. The summed E-state index contributed by atoms with van der Waals surface area (Å²) in [5.41, 5.74) is 3.18. The number of aryl methyl sites for hydroxylation is 3. The number of hydrogen-bond acceptors (Lipinski definition) is 3. The van der Waals surface area contributed by atoms with Crippen LogP contribution in [0.25, 0.3) is 5.69 Å².